The van der Waals surface area contributed by atoms with E-state index in [1.807, 2.05) is 6.07 Å². The maximum atomic E-state index is 13.2. The number of halogens is 2. The van der Waals surface area contributed by atoms with Crippen LogP contribution in [0.25, 0.3) is 0 Å². The number of carbonyl (C=O) groups is 1. The average molecular weight is 499 g/mol. The Balaban J connectivity index is 0.00000306. The molecule has 1 aliphatic heterocycles. The number of carbonyl (C=O) groups excluding carboxylic acids is 1. The number of fused-ring (bicyclic) bond motifs is 2. The standard InChI is InChI=1S/C26H40ClN3O2.ClH/c1-26(2,3)16-28-22-14-23(32-4)20(13-21(22)27)25(31)29-19-11-12-30(15-19)24-17-7-5-8-18(24)10-6-9-17;/h13-14,17-19,24,28H,5-12,15-16H2,1-4H3,(H,29,31);1H. The van der Waals surface area contributed by atoms with Crippen molar-refractivity contribution in [2.45, 2.75) is 77.8 Å². The molecule has 0 radical (unpaired) electrons. The molecule has 1 saturated heterocycles. The van der Waals surface area contributed by atoms with Gasteiger partial charge in [-0.15, -0.1) is 12.4 Å². The van der Waals surface area contributed by atoms with Crippen molar-refractivity contribution in [1.29, 1.82) is 0 Å². The molecule has 1 heterocycles. The molecule has 33 heavy (non-hydrogen) atoms. The molecule has 186 valence electrons. The van der Waals surface area contributed by atoms with Gasteiger partial charge in [0.25, 0.3) is 5.91 Å². The third kappa shape index (κ3) is 6.29. The lowest BCUT2D eigenvalue weighted by molar-refractivity contribution is 0.0346. The molecule has 4 rings (SSSR count). The molecule has 5 nitrogen and oxygen atoms in total. The zero-order chi connectivity index (χ0) is 22.9. The summed E-state index contributed by atoms with van der Waals surface area (Å²) in [7, 11) is 1.60. The maximum absolute atomic E-state index is 13.2. The second-order valence-corrected chi connectivity index (χ2v) is 11.7. The molecular weight excluding hydrogens is 457 g/mol. The van der Waals surface area contributed by atoms with E-state index in [0.29, 0.717) is 16.3 Å². The van der Waals surface area contributed by atoms with Gasteiger partial charge in [0.15, 0.2) is 0 Å². The van der Waals surface area contributed by atoms with Crippen LogP contribution in [0.15, 0.2) is 12.1 Å². The average Bonchev–Trinajstić information content (AvgIpc) is 3.19. The van der Waals surface area contributed by atoms with Gasteiger partial charge in [0, 0.05) is 37.8 Å². The second kappa shape index (κ2) is 11.0. The molecule has 0 spiro atoms. The fraction of sp³-hybridized carbons (Fsp3) is 0.731. The van der Waals surface area contributed by atoms with Gasteiger partial charge in [-0.3, -0.25) is 9.69 Å². The molecule has 1 amide bonds. The van der Waals surface area contributed by atoms with E-state index in [-0.39, 0.29) is 29.8 Å². The monoisotopic (exact) mass is 497 g/mol. The minimum absolute atomic E-state index is 0. The number of nitrogens with one attached hydrogen (secondary N) is 2. The van der Waals surface area contributed by atoms with Gasteiger partial charge >= 0.3 is 0 Å². The highest BCUT2D eigenvalue weighted by molar-refractivity contribution is 6.33. The van der Waals surface area contributed by atoms with Crippen molar-refractivity contribution in [3.8, 4) is 5.75 Å². The van der Waals surface area contributed by atoms with Crippen molar-refractivity contribution < 1.29 is 9.53 Å². The van der Waals surface area contributed by atoms with E-state index in [0.717, 1.165) is 49.6 Å². The van der Waals surface area contributed by atoms with Crippen LogP contribution in [-0.2, 0) is 0 Å². The van der Waals surface area contributed by atoms with Crippen molar-refractivity contribution in [2.75, 3.05) is 32.1 Å². The Kier molecular flexibility index (Phi) is 8.85. The van der Waals surface area contributed by atoms with Crippen molar-refractivity contribution in [3.05, 3.63) is 22.7 Å². The van der Waals surface area contributed by atoms with Gasteiger partial charge in [0.2, 0.25) is 0 Å². The van der Waals surface area contributed by atoms with E-state index in [1.165, 1.54) is 38.5 Å². The number of likely N-dealkylation sites (tertiary alicyclic amines) is 1. The fourth-order valence-corrected chi connectivity index (χ4v) is 6.30. The molecule has 2 bridgehead atoms. The van der Waals surface area contributed by atoms with Crippen molar-refractivity contribution >= 4 is 35.6 Å². The molecule has 2 aliphatic carbocycles. The van der Waals surface area contributed by atoms with E-state index in [1.54, 1.807) is 13.2 Å². The number of hydrogen-bond donors (Lipinski definition) is 2. The number of nitrogens with zero attached hydrogens (tertiary/aromatic N) is 1. The maximum Gasteiger partial charge on any atom is 0.255 e. The summed E-state index contributed by atoms with van der Waals surface area (Å²) in [5.74, 6) is 2.19. The molecule has 0 aromatic heterocycles. The van der Waals surface area contributed by atoms with Gasteiger partial charge in [0.1, 0.15) is 5.75 Å². The molecular formula is C26H41Cl2N3O2. The molecule has 7 heteroatoms. The minimum atomic E-state index is -0.0955. The highest BCUT2D eigenvalue weighted by atomic mass is 35.5. The molecule has 2 N–H and O–H groups in total. The van der Waals surface area contributed by atoms with Crippen LogP contribution < -0.4 is 15.4 Å². The molecule has 2 saturated carbocycles. The summed E-state index contributed by atoms with van der Waals surface area (Å²) in [6.45, 7) is 9.33. The zero-order valence-corrected chi connectivity index (χ0v) is 22.2. The van der Waals surface area contributed by atoms with E-state index >= 15 is 0 Å². The first-order valence-corrected chi connectivity index (χ1v) is 12.8. The minimum Gasteiger partial charge on any atom is -0.496 e. The number of rotatable bonds is 6. The first-order valence-electron chi connectivity index (χ1n) is 12.4. The first-order chi connectivity index (χ1) is 15.2. The predicted octanol–water partition coefficient (Wildman–Crippen LogP) is 6.00. The Labute approximate surface area is 210 Å². The van der Waals surface area contributed by atoms with E-state index < -0.39 is 0 Å². The van der Waals surface area contributed by atoms with Crippen LogP contribution in [0.1, 0.15) is 76.1 Å². The number of hydrogen-bond acceptors (Lipinski definition) is 4. The number of benzene rings is 1. The van der Waals surface area contributed by atoms with Crippen molar-refractivity contribution in [2.24, 2.45) is 17.3 Å². The van der Waals surface area contributed by atoms with Gasteiger partial charge in [-0.1, -0.05) is 45.2 Å². The Morgan fingerprint density at radius 1 is 1.12 bits per heavy atom. The summed E-state index contributed by atoms with van der Waals surface area (Å²) in [6, 6.07) is 4.50. The summed E-state index contributed by atoms with van der Waals surface area (Å²) < 4.78 is 5.56. The Morgan fingerprint density at radius 2 is 1.76 bits per heavy atom. The summed E-state index contributed by atoms with van der Waals surface area (Å²) in [4.78, 5) is 15.8. The van der Waals surface area contributed by atoms with Gasteiger partial charge < -0.3 is 15.4 Å². The highest BCUT2D eigenvalue weighted by Crippen LogP contribution is 2.43. The number of anilines is 1. The largest absolute Gasteiger partial charge is 0.496 e. The summed E-state index contributed by atoms with van der Waals surface area (Å²) in [6.07, 6.45) is 9.38. The third-order valence-electron chi connectivity index (χ3n) is 7.59. The molecule has 3 aliphatic rings. The topological polar surface area (TPSA) is 53.6 Å². The highest BCUT2D eigenvalue weighted by Gasteiger charge is 2.42. The van der Waals surface area contributed by atoms with Crippen LogP contribution in [0.4, 0.5) is 5.69 Å². The van der Waals surface area contributed by atoms with Crippen LogP contribution in [0.2, 0.25) is 5.02 Å². The second-order valence-electron chi connectivity index (χ2n) is 11.3. The van der Waals surface area contributed by atoms with Crippen LogP contribution in [0, 0.1) is 17.3 Å². The molecule has 1 aromatic carbocycles. The first kappa shape index (κ1) is 26.4. The number of amides is 1. The molecule has 1 atom stereocenters. The molecule has 1 aromatic rings. The van der Waals surface area contributed by atoms with Crippen LogP contribution in [0.5, 0.6) is 5.75 Å². The lowest BCUT2D eigenvalue weighted by Crippen LogP contribution is -2.50. The van der Waals surface area contributed by atoms with Crippen molar-refractivity contribution in [1.82, 2.24) is 10.2 Å². The quantitative estimate of drug-likeness (QED) is 0.505. The van der Waals surface area contributed by atoms with Crippen LogP contribution >= 0.6 is 24.0 Å². The predicted molar refractivity (Wildman–Crippen MR) is 139 cm³/mol. The van der Waals surface area contributed by atoms with E-state index in [9.17, 15) is 4.79 Å². The Bertz CT molecular complexity index is 804. The third-order valence-corrected chi connectivity index (χ3v) is 7.90. The molecule has 3 fully saturated rings. The summed E-state index contributed by atoms with van der Waals surface area (Å²) in [5.41, 5.74) is 1.43. The number of ether oxygens (including phenoxy) is 1. The van der Waals surface area contributed by atoms with Gasteiger partial charge in [-0.2, -0.15) is 0 Å². The summed E-state index contributed by atoms with van der Waals surface area (Å²) >= 11 is 6.52. The smallest absolute Gasteiger partial charge is 0.255 e. The molecule has 1 unspecified atom stereocenters. The zero-order valence-electron chi connectivity index (χ0n) is 20.6. The van der Waals surface area contributed by atoms with Crippen LogP contribution in [0.3, 0.4) is 0 Å². The SMILES string of the molecule is COc1cc(NCC(C)(C)C)c(Cl)cc1C(=O)NC1CCN(C2C3CCCC2CCC3)C1.Cl. The summed E-state index contributed by atoms with van der Waals surface area (Å²) in [5, 5.41) is 7.19. The van der Waals surface area contributed by atoms with E-state index in [4.69, 9.17) is 16.3 Å². The Hall–Kier alpha value is -1.17. The van der Waals surface area contributed by atoms with E-state index in [2.05, 4.69) is 36.3 Å². The Morgan fingerprint density at radius 3 is 2.33 bits per heavy atom. The lowest BCUT2D eigenvalue weighted by Gasteiger charge is -2.47. The fourth-order valence-electron chi connectivity index (χ4n) is 6.07. The normalized spacial score (nSPS) is 27.5. The van der Waals surface area contributed by atoms with Gasteiger partial charge in [-0.25, -0.2) is 0 Å². The van der Waals surface area contributed by atoms with Gasteiger partial charge in [-0.05, 0) is 55.4 Å². The number of methoxy groups -OCH3 is 1. The van der Waals surface area contributed by atoms with Crippen molar-refractivity contribution in [3.63, 3.8) is 0 Å². The lowest BCUT2D eigenvalue weighted by atomic mass is 9.68. The van der Waals surface area contributed by atoms with Gasteiger partial charge in [0.05, 0.1) is 23.4 Å². The van der Waals surface area contributed by atoms with Crippen LogP contribution in [-0.4, -0.2) is 49.6 Å².